The van der Waals surface area contributed by atoms with E-state index in [0.717, 1.165) is 11.1 Å². The van der Waals surface area contributed by atoms with Crippen molar-refractivity contribution in [2.75, 3.05) is 4.72 Å². The minimum absolute atomic E-state index is 0.169. The van der Waals surface area contributed by atoms with Crippen LogP contribution < -0.4 is 4.72 Å². The predicted molar refractivity (Wildman–Crippen MR) is 88.5 cm³/mol. The van der Waals surface area contributed by atoms with Gasteiger partial charge in [0.05, 0.1) is 23.3 Å². The lowest BCUT2D eigenvalue weighted by atomic mass is 10.1. The fourth-order valence-corrected chi connectivity index (χ4v) is 3.83. The molecule has 2 N–H and O–H groups in total. The Morgan fingerprint density at radius 1 is 1.04 bits per heavy atom. The van der Waals surface area contributed by atoms with Gasteiger partial charge in [0.2, 0.25) is 0 Å². The Balaban J connectivity index is 1.95. The van der Waals surface area contributed by atoms with Gasteiger partial charge in [-0.2, -0.15) is 5.10 Å². The molecule has 0 bridgehead atoms. The number of sulfonamides is 1. The minimum Gasteiger partial charge on any atom is -0.281 e. The van der Waals surface area contributed by atoms with Crippen molar-refractivity contribution in [1.29, 1.82) is 0 Å². The van der Waals surface area contributed by atoms with Crippen LogP contribution in [0.25, 0.3) is 11.1 Å². The number of H-pyrrole nitrogens is 1. The summed E-state index contributed by atoms with van der Waals surface area (Å²) in [7, 11) is -3.71. The molecule has 0 fully saturated rings. The molecule has 0 saturated carbocycles. The van der Waals surface area contributed by atoms with Crippen molar-refractivity contribution in [3.63, 3.8) is 0 Å². The molecule has 3 rings (SSSR count). The molecular formula is C16H16N4O2S. The van der Waals surface area contributed by atoms with Crippen LogP contribution in [0.2, 0.25) is 0 Å². The molecule has 0 spiro atoms. The van der Waals surface area contributed by atoms with Gasteiger partial charge in [-0.05, 0) is 25.5 Å². The molecule has 7 heteroatoms. The van der Waals surface area contributed by atoms with E-state index in [1.807, 2.05) is 30.3 Å². The maximum atomic E-state index is 12.6. The van der Waals surface area contributed by atoms with Crippen molar-refractivity contribution in [2.45, 2.75) is 18.7 Å². The number of nitrogens with zero attached hydrogens (tertiary/aromatic N) is 2. The van der Waals surface area contributed by atoms with E-state index in [1.165, 1.54) is 6.20 Å². The van der Waals surface area contributed by atoms with Gasteiger partial charge in [-0.1, -0.05) is 30.3 Å². The van der Waals surface area contributed by atoms with Crippen LogP contribution in [0.5, 0.6) is 0 Å². The maximum Gasteiger partial charge on any atom is 0.265 e. The topological polar surface area (TPSA) is 87.7 Å². The summed E-state index contributed by atoms with van der Waals surface area (Å²) in [6.07, 6.45) is 3.18. The summed E-state index contributed by atoms with van der Waals surface area (Å²) in [5.41, 5.74) is 3.15. The zero-order chi connectivity index (χ0) is 16.4. The summed E-state index contributed by atoms with van der Waals surface area (Å²) in [5, 5.41) is 6.61. The Labute approximate surface area is 134 Å². The van der Waals surface area contributed by atoms with Crippen LogP contribution in [0.15, 0.2) is 53.7 Å². The van der Waals surface area contributed by atoms with Crippen molar-refractivity contribution in [2.24, 2.45) is 0 Å². The Bertz CT molecular complexity index is 914. The van der Waals surface area contributed by atoms with Crippen LogP contribution >= 0.6 is 0 Å². The number of hydrogen-bond donors (Lipinski definition) is 2. The van der Waals surface area contributed by atoms with Gasteiger partial charge in [-0.15, -0.1) is 0 Å². The molecule has 0 atom stereocenters. The smallest absolute Gasteiger partial charge is 0.265 e. The second kappa shape index (κ2) is 5.85. The summed E-state index contributed by atoms with van der Waals surface area (Å²) in [4.78, 5) is 4.29. The van der Waals surface area contributed by atoms with E-state index < -0.39 is 10.0 Å². The average Bonchev–Trinajstić information content (AvgIpc) is 2.88. The highest BCUT2D eigenvalue weighted by Gasteiger charge is 2.22. The first-order valence-corrected chi connectivity index (χ1v) is 8.50. The number of pyridine rings is 1. The third-order valence-corrected chi connectivity index (χ3v) is 5.07. The molecule has 2 heterocycles. The first-order chi connectivity index (χ1) is 11.0. The van der Waals surface area contributed by atoms with Gasteiger partial charge in [0.15, 0.2) is 0 Å². The minimum atomic E-state index is -3.71. The van der Waals surface area contributed by atoms with Crippen molar-refractivity contribution in [1.82, 2.24) is 15.2 Å². The lowest BCUT2D eigenvalue weighted by molar-refractivity contribution is 0.600. The van der Waals surface area contributed by atoms with Gasteiger partial charge in [-0.25, -0.2) is 8.42 Å². The molecule has 0 amide bonds. The van der Waals surface area contributed by atoms with Crippen molar-refractivity contribution < 1.29 is 8.42 Å². The van der Waals surface area contributed by atoms with E-state index in [-0.39, 0.29) is 4.90 Å². The molecule has 0 unspecified atom stereocenters. The second-order valence-corrected chi connectivity index (χ2v) is 6.82. The van der Waals surface area contributed by atoms with Gasteiger partial charge in [0, 0.05) is 11.8 Å². The third-order valence-electron chi connectivity index (χ3n) is 3.43. The normalized spacial score (nSPS) is 11.4. The number of benzene rings is 1. The number of nitrogens with one attached hydrogen (secondary N) is 2. The zero-order valence-electron chi connectivity index (χ0n) is 12.7. The van der Waals surface area contributed by atoms with E-state index in [0.29, 0.717) is 17.1 Å². The van der Waals surface area contributed by atoms with E-state index >= 15 is 0 Å². The predicted octanol–water partition coefficient (Wildman–Crippen LogP) is 2.89. The summed E-state index contributed by atoms with van der Waals surface area (Å²) in [5.74, 6) is 0. The average molecular weight is 328 g/mol. The molecule has 1 aromatic carbocycles. The van der Waals surface area contributed by atoms with Crippen LogP contribution in [-0.2, 0) is 10.0 Å². The van der Waals surface area contributed by atoms with Gasteiger partial charge in [0.1, 0.15) is 4.90 Å². The Kier molecular flexibility index (Phi) is 3.87. The Morgan fingerprint density at radius 3 is 2.43 bits per heavy atom. The van der Waals surface area contributed by atoms with Crippen LogP contribution in [0.3, 0.4) is 0 Å². The highest BCUT2D eigenvalue weighted by atomic mass is 32.2. The van der Waals surface area contributed by atoms with Gasteiger partial charge >= 0.3 is 0 Å². The number of anilines is 1. The molecule has 2 aromatic heterocycles. The molecule has 118 valence electrons. The molecule has 0 aliphatic heterocycles. The molecular weight excluding hydrogens is 312 g/mol. The molecule has 23 heavy (non-hydrogen) atoms. The second-order valence-electron chi connectivity index (χ2n) is 5.20. The number of hydrogen-bond acceptors (Lipinski definition) is 4. The van der Waals surface area contributed by atoms with E-state index in [2.05, 4.69) is 19.9 Å². The van der Waals surface area contributed by atoms with E-state index in [4.69, 9.17) is 0 Å². The van der Waals surface area contributed by atoms with Gasteiger partial charge in [0.25, 0.3) is 10.0 Å². The molecule has 0 aliphatic carbocycles. The quantitative estimate of drug-likeness (QED) is 0.771. The van der Waals surface area contributed by atoms with E-state index in [9.17, 15) is 8.42 Å². The third kappa shape index (κ3) is 3.09. The number of aromatic nitrogens is 3. The number of rotatable bonds is 4. The lowest BCUT2D eigenvalue weighted by Gasteiger charge is -2.09. The Hall–Kier alpha value is -2.67. The van der Waals surface area contributed by atoms with E-state index in [1.54, 1.807) is 26.1 Å². The Morgan fingerprint density at radius 2 is 1.78 bits per heavy atom. The standard InChI is InChI=1S/C16H16N4O2S/c1-11-16(12(2)19-18-11)23(21,22)20-15-8-14(9-17-10-15)13-6-4-3-5-7-13/h3-10,20H,1-2H3,(H,18,19). The highest BCUT2D eigenvalue weighted by Crippen LogP contribution is 2.24. The summed E-state index contributed by atoms with van der Waals surface area (Å²) >= 11 is 0. The molecule has 0 radical (unpaired) electrons. The molecule has 0 aliphatic rings. The summed E-state index contributed by atoms with van der Waals surface area (Å²) < 4.78 is 27.7. The zero-order valence-corrected chi connectivity index (χ0v) is 13.6. The molecule has 0 saturated heterocycles. The summed E-state index contributed by atoms with van der Waals surface area (Å²) in [6.45, 7) is 3.32. The number of aryl methyl sites for hydroxylation is 2. The van der Waals surface area contributed by atoms with Gasteiger partial charge in [-0.3, -0.25) is 14.8 Å². The SMILES string of the molecule is Cc1n[nH]c(C)c1S(=O)(=O)Nc1cncc(-c2ccccc2)c1. The van der Waals surface area contributed by atoms with Gasteiger partial charge < -0.3 is 0 Å². The lowest BCUT2D eigenvalue weighted by Crippen LogP contribution is -2.14. The van der Waals surface area contributed by atoms with Crippen LogP contribution in [-0.4, -0.2) is 23.6 Å². The van der Waals surface area contributed by atoms with Crippen molar-refractivity contribution in [3.8, 4) is 11.1 Å². The van der Waals surface area contributed by atoms with Crippen LogP contribution in [0.1, 0.15) is 11.4 Å². The molecule has 6 nitrogen and oxygen atoms in total. The monoisotopic (exact) mass is 328 g/mol. The van der Waals surface area contributed by atoms with Crippen LogP contribution in [0.4, 0.5) is 5.69 Å². The summed E-state index contributed by atoms with van der Waals surface area (Å²) in [6, 6.07) is 11.4. The van der Waals surface area contributed by atoms with Crippen molar-refractivity contribution in [3.05, 3.63) is 60.2 Å². The highest BCUT2D eigenvalue weighted by molar-refractivity contribution is 7.92. The van der Waals surface area contributed by atoms with Crippen LogP contribution in [0, 0.1) is 13.8 Å². The molecule has 3 aromatic rings. The fourth-order valence-electron chi connectivity index (χ4n) is 2.43. The maximum absolute atomic E-state index is 12.6. The first kappa shape index (κ1) is 15.2. The number of aromatic amines is 1. The van der Waals surface area contributed by atoms with Crippen molar-refractivity contribution >= 4 is 15.7 Å². The fraction of sp³-hybridized carbons (Fsp3) is 0.125. The first-order valence-electron chi connectivity index (χ1n) is 7.02. The largest absolute Gasteiger partial charge is 0.281 e.